The van der Waals surface area contributed by atoms with Crippen LogP contribution in [0.4, 0.5) is 0 Å². The van der Waals surface area contributed by atoms with Crippen molar-refractivity contribution in [2.75, 3.05) is 0 Å². The molecule has 0 heterocycles. The predicted molar refractivity (Wildman–Crippen MR) is 46.2 cm³/mol. The van der Waals surface area contributed by atoms with Gasteiger partial charge < -0.3 is 9.29 Å². The van der Waals surface area contributed by atoms with Crippen molar-refractivity contribution in [3.8, 4) is 11.5 Å². The fraction of sp³-hybridized carbons (Fsp3) is 0. The Bertz CT molecular complexity index is 298. The predicted octanol–water partition coefficient (Wildman–Crippen LogP) is -0.351. The second-order valence-corrected chi connectivity index (χ2v) is 2.44. The molecule has 0 atom stereocenters. The molecule has 0 saturated carbocycles. The van der Waals surface area contributed by atoms with Gasteiger partial charge in [0.15, 0.2) is 0 Å². The van der Waals surface area contributed by atoms with Gasteiger partial charge in [-0.15, -0.1) is 0 Å². The SMILES string of the molecule is O=[SH](=O)Oc1ccc(O)cc1.[KH]. The fourth-order valence-electron chi connectivity index (χ4n) is 0.593. The van der Waals surface area contributed by atoms with Crippen LogP contribution in [0.15, 0.2) is 24.3 Å². The molecule has 0 unspecified atom stereocenters. The summed E-state index contributed by atoms with van der Waals surface area (Å²) in [7, 11) is -2.87. The van der Waals surface area contributed by atoms with Gasteiger partial charge in [-0.05, 0) is 24.3 Å². The Labute approximate surface area is 114 Å². The molecule has 0 radical (unpaired) electrons. The molecule has 0 amide bonds. The Morgan fingerprint density at radius 3 is 2.08 bits per heavy atom. The quantitative estimate of drug-likeness (QED) is 0.522. The summed E-state index contributed by atoms with van der Waals surface area (Å²) in [4.78, 5) is 0. The van der Waals surface area contributed by atoms with Crippen molar-refractivity contribution in [2.45, 2.75) is 0 Å². The topological polar surface area (TPSA) is 63.6 Å². The van der Waals surface area contributed by atoms with Crippen molar-refractivity contribution >= 4 is 62.4 Å². The molecule has 6 heteroatoms. The Morgan fingerprint density at radius 1 is 1.17 bits per heavy atom. The summed E-state index contributed by atoms with van der Waals surface area (Å²) in [6.07, 6.45) is 0. The monoisotopic (exact) mass is 214 g/mol. The normalized spacial score (nSPS) is 9.08. The second kappa shape index (κ2) is 5.95. The first-order valence-corrected chi connectivity index (χ1v) is 3.89. The number of hydrogen-bond acceptors (Lipinski definition) is 4. The molecule has 0 bridgehead atoms. The molecular weight excluding hydrogens is 207 g/mol. The fourth-order valence-corrected chi connectivity index (χ4v) is 0.887. The summed E-state index contributed by atoms with van der Waals surface area (Å²) in [5, 5.41) is 8.78. The van der Waals surface area contributed by atoms with E-state index in [1.807, 2.05) is 0 Å². The molecule has 1 aromatic rings. The van der Waals surface area contributed by atoms with E-state index in [9.17, 15) is 8.42 Å². The van der Waals surface area contributed by atoms with E-state index in [2.05, 4.69) is 4.18 Å². The summed E-state index contributed by atoms with van der Waals surface area (Å²) in [5.41, 5.74) is 0. The van der Waals surface area contributed by atoms with Crippen LogP contribution in [-0.2, 0) is 11.0 Å². The van der Waals surface area contributed by atoms with E-state index in [-0.39, 0.29) is 62.9 Å². The van der Waals surface area contributed by atoms with Gasteiger partial charge >= 0.3 is 51.4 Å². The molecule has 12 heavy (non-hydrogen) atoms. The van der Waals surface area contributed by atoms with Gasteiger partial charge in [-0.3, -0.25) is 0 Å². The Morgan fingerprint density at radius 2 is 1.67 bits per heavy atom. The zero-order valence-electron chi connectivity index (χ0n) is 5.43. The molecule has 0 fully saturated rings. The molecular formula is C6H7KO4S. The third-order valence-corrected chi connectivity index (χ3v) is 1.38. The van der Waals surface area contributed by atoms with Crippen LogP contribution in [0.3, 0.4) is 0 Å². The van der Waals surface area contributed by atoms with E-state index in [1.54, 1.807) is 0 Å². The van der Waals surface area contributed by atoms with Crippen molar-refractivity contribution < 1.29 is 17.7 Å². The van der Waals surface area contributed by atoms with Crippen molar-refractivity contribution in [3.63, 3.8) is 0 Å². The number of hydrogen-bond donors (Lipinski definition) is 2. The van der Waals surface area contributed by atoms with Gasteiger partial charge in [-0.25, -0.2) is 0 Å². The number of benzene rings is 1. The van der Waals surface area contributed by atoms with Crippen LogP contribution in [-0.4, -0.2) is 64.9 Å². The molecule has 1 rings (SSSR count). The van der Waals surface area contributed by atoms with Gasteiger partial charge in [-0.1, -0.05) is 0 Å². The minimum atomic E-state index is -2.87. The molecule has 0 spiro atoms. The zero-order valence-corrected chi connectivity index (χ0v) is 6.32. The van der Waals surface area contributed by atoms with Crippen LogP contribution in [0.25, 0.3) is 0 Å². The van der Waals surface area contributed by atoms with Gasteiger partial charge in [0, 0.05) is 0 Å². The average molecular weight is 214 g/mol. The first-order chi connectivity index (χ1) is 5.18. The van der Waals surface area contributed by atoms with Gasteiger partial charge in [0.05, 0.1) is 0 Å². The first kappa shape index (κ1) is 12.4. The van der Waals surface area contributed by atoms with E-state index in [0.717, 1.165) is 0 Å². The Hall–Kier alpha value is 0.406. The van der Waals surface area contributed by atoms with Crippen molar-refractivity contribution in [2.24, 2.45) is 0 Å². The molecule has 0 aliphatic heterocycles. The minimum absolute atomic E-state index is 0. The molecule has 1 aromatic carbocycles. The number of aromatic hydroxyl groups is 1. The third kappa shape index (κ3) is 4.44. The maximum atomic E-state index is 10.0. The Balaban J connectivity index is 0.00000121. The van der Waals surface area contributed by atoms with Crippen LogP contribution < -0.4 is 4.18 Å². The van der Waals surface area contributed by atoms with Crippen LogP contribution in [0.1, 0.15) is 0 Å². The van der Waals surface area contributed by atoms with Crippen LogP contribution in [0.5, 0.6) is 11.5 Å². The van der Waals surface area contributed by atoms with Crippen molar-refractivity contribution in [1.82, 2.24) is 0 Å². The third-order valence-electron chi connectivity index (χ3n) is 1.02. The summed E-state index contributed by atoms with van der Waals surface area (Å²) in [6.45, 7) is 0. The summed E-state index contributed by atoms with van der Waals surface area (Å²) >= 11 is 0. The van der Waals surface area contributed by atoms with Gasteiger partial charge in [-0.2, -0.15) is 8.42 Å². The second-order valence-electron chi connectivity index (χ2n) is 1.81. The van der Waals surface area contributed by atoms with Crippen molar-refractivity contribution in [1.29, 1.82) is 0 Å². The number of rotatable bonds is 2. The molecule has 4 nitrogen and oxygen atoms in total. The van der Waals surface area contributed by atoms with E-state index in [4.69, 9.17) is 5.11 Å². The van der Waals surface area contributed by atoms with Crippen LogP contribution in [0, 0.1) is 0 Å². The van der Waals surface area contributed by atoms with Crippen molar-refractivity contribution in [3.05, 3.63) is 24.3 Å². The molecule has 1 N–H and O–H groups in total. The van der Waals surface area contributed by atoms with E-state index < -0.39 is 11.0 Å². The van der Waals surface area contributed by atoms with E-state index >= 15 is 0 Å². The van der Waals surface area contributed by atoms with Gasteiger partial charge in [0.2, 0.25) is 0 Å². The van der Waals surface area contributed by atoms with E-state index in [1.165, 1.54) is 24.3 Å². The molecule has 0 aliphatic carbocycles. The molecule has 0 aliphatic rings. The number of phenols is 1. The summed E-state index contributed by atoms with van der Waals surface area (Å²) in [6, 6.07) is 5.41. The zero-order chi connectivity index (χ0) is 8.27. The van der Waals surface area contributed by atoms with Gasteiger partial charge in [0.1, 0.15) is 11.5 Å². The first-order valence-electron chi connectivity index (χ1n) is 2.80. The number of thiol groups is 1. The summed E-state index contributed by atoms with van der Waals surface area (Å²) in [5.74, 6) is 0.261. The molecule has 62 valence electrons. The maximum absolute atomic E-state index is 10.0. The standard InChI is InChI=1S/C6H6O4S.K.H/c7-5-1-3-6(4-2-5)10-11(8)9;;/h1-4,7,11H;;. The summed E-state index contributed by atoms with van der Waals surface area (Å²) < 4.78 is 24.3. The van der Waals surface area contributed by atoms with Crippen LogP contribution >= 0.6 is 0 Å². The average Bonchev–Trinajstić information content (AvgIpc) is 1.93. The molecule has 0 aromatic heterocycles. The Kier molecular flexibility index (Phi) is 6.15. The van der Waals surface area contributed by atoms with E-state index in [0.29, 0.717) is 0 Å². The van der Waals surface area contributed by atoms with Crippen LogP contribution in [0.2, 0.25) is 0 Å². The van der Waals surface area contributed by atoms with Gasteiger partial charge in [0.25, 0.3) is 11.0 Å². The molecule has 0 saturated heterocycles. The number of phenolic OH excluding ortho intramolecular Hbond substituents is 1.